The van der Waals surface area contributed by atoms with Crippen molar-refractivity contribution in [1.82, 2.24) is 4.90 Å². The summed E-state index contributed by atoms with van der Waals surface area (Å²) in [5.74, 6) is -0.839. The molecule has 0 radical (unpaired) electrons. The molecule has 0 bridgehead atoms. The van der Waals surface area contributed by atoms with Gasteiger partial charge in [-0.3, -0.25) is 14.5 Å². The highest BCUT2D eigenvalue weighted by molar-refractivity contribution is 9.10. The zero-order valence-corrected chi connectivity index (χ0v) is 21.2. The minimum Gasteiger partial charge on any atom is -0.462 e. The summed E-state index contributed by atoms with van der Waals surface area (Å²) in [5.41, 5.74) is 1.88. The van der Waals surface area contributed by atoms with Crippen molar-refractivity contribution in [1.29, 1.82) is 0 Å². The molecule has 1 saturated heterocycles. The SMILES string of the molecule is CCCCOC(=O)c1ccc(NC(=O)CCN2C(=O)C(=Cc3cccc(Br)c3)SC2=S)cc1. The van der Waals surface area contributed by atoms with E-state index in [-0.39, 0.29) is 30.7 Å². The molecular formula is C24H23BrN2O4S2. The van der Waals surface area contributed by atoms with Gasteiger partial charge < -0.3 is 10.1 Å². The zero-order valence-electron chi connectivity index (χ0n) is 18.0. The van der Waals surface area contributed by atoms with Gasteiger partial charge in [-0.2, -0.15) is 0 Å². The number of carbonyl (C=O) groups is 3. The van der Waals surface area contributed by atoms with Crippen LogP contribution in [0.1, 0.15) is 42.1 Å². The molecule has 9 heteroatoms. The molecule has 2 aromatic rings. The van der Waals surface area contributed by atoms with Crippen LogP contribution in [0.25, 0.3) is 6.08 Å². The molecule has 1 heterocycles. The molecule has 0 aliphatic carbocycles. The van der Waals surface area contributed by atoms with Gasteiger partial charge in [-0.05, 0) is 54.5 Å². The number of halogens is 1. The fourth-order valence-electron chi connectivity index (χ4n) is 2.96. The third-order valence-electron chi connectivity index (χ3n) is 4.72. The number of anilines is 1. The first-order valence-corrected chi connectivity index (χ1v) is 12.5. The number of amides is 2. The second-order valence-electron chi connectivity index (χ2n) is 7.25. The lowest BCUT2D eigenvalue weighted by Crippen LogP contribution is -2.31. The largest absolute Gasteiger partial charge is 0.462 e. The van der Waals surface area contributed by atoms with E-state index in [0.717, 1.165) is 22.9 Å². The van der Waals surface area contributed by atoms with Gasteiger partial charge in [0, 0.05) is 23.1 Å². The lowest BCUT2D eigenvalue weighted by atomic mass is 10.2. The molecule has 6 nitrogen and oxygen atoms in total. The quantitative estimate of drug-likeness (QED) is 0.190. The van der Waals surface area contributed by atoms with Crippen LogP contribution in [-0.2, 0) is 14.3 Å². The molecule has 0 saturated carbocycles. The van der Waals surface area contributed by atoms with E-state index in [1.54, 1.807) is 30.3 Å². The molecule has 0 unspecified atom stereocenters. The number of nitrogens with one attached hydrogen (secondary N) is 1. The molecule has 0 spiro atoms. The molecule has 2 aromatic carbocycles. The smallest absolute Gasteiger partial charge is 0.338 e. The van der Waals surface area contributed by atoms with Crippen molar-refractivity contribution in [2.75, 3.05) is 18.5 Å². The topological polar surface area (TPSA) is 75.7 Å². The van der Waals surface area contributed by atoms with Crippen molar-refractivity contribution in [2.24, 2.45) is 0 Å². The summed E-state index contributed by atoms with van der Waals surface area (Å²) in [6.07, 6.45) is 3.66. The summed E-state index contributed by atoms with van der Waals surface area (Å²) >= 11 is 9.98. The van der Waals surface area contributed by atoms with E-state index in [0.29, 0.717) is 27.1 Å². The van der Waals surface area contributed by atoms with Crippen LogP contribution in [0.2, 0.25) is 0 Å². The van der Waals surface area contributed by atoms with Crippen LogP contribution in [0.3, 0.4) is 0 Å². The number of hydrogen-bond acceptors (Lipinski definition) is 6. The van der Waals surface area contributed by atoms with Gasteiger partial charge in [0.25, 0.3) is 5.91 Å². The first-order valence-electron chi connectivity index (χ1n) is 10.5. The number of thioether (sulfide) groups is 1. The maximum atomic E-state index is 12.7. The molecular weight excluding hydrogens is 524 g/mol. The number of unbranched alkanes of at least 4 members (excludes halogenated alkanes) is 1. The molecule has 33 heavy (non-hydrogen) atoms. The summed E-state index contributed by atoms with van der Waals surface area (Å²) < 4.78 is 6.52. The molecule has 1 aliphatic rings. The van der Waals surface area contributed by atoms with E-state index in [4.69, 9.17) is 17.0 Å². The second kappa shape index (κ2) is 12.1. The predicted octanol–water partition coefficient (Wildman–Crippen LogP) is 5.64. The summed E-state index contributed by atoms with van der Waals surface area (Å²) in [6, 6.07) is 14.1. The number of thiocarbonyl (C=S) groups is 1. The number of benzene rings is 2. The summed E-state index contributed by atoms with van der Waals surface area (Å²) in [6.45, 7) is 2.61. The third kappa shape index (κ3) is 7.25. The van der Waals surface area contributed by atoms with Gasteiger partial charge in [0.2, 0.25) is 5.91 Å². The molecule has 1 N–H and O–H groups in total. The lowest BCUT2D eigenvalue weighted by molar-refractivity contribution is -0.122. The van der Waals surface area contributed by atoms with Crippen LogP contribution in [0.5, 0.6) is 0 Å². The van der Waals surface area contributed by atoms with Crippen molar-refractivity contribution in [3.8, 4) is 0 Å². The normalized spacial score (nSPS) is 14.6. The van der Waals surface area contributed by atoms with E-state index in [1.807, 2.05) is 31.2 Å². The van der Waals surface area contributed by atoms with Gasteiger partial charge in [-0.1, -0.05) is 65.4 Å². The average Bonchev–Trinajstić information content (AvgIpc) is 3.05. The maximum Gasteiger partial charge on any atom is 0.338 e. The Morgan fingerprint density at radius 3 is 2.67 bits per heavy atom. The van der Waals surface area contributed by atoms with E-state index in [2.05, 4.69) is 21.2 Å². The Morgan fingerprint density at radius 1 is 1.21 bits per heavy atom. The minimum atomic E-state index is -0.383. The van der Waals surface area contributed by atoms with Crippen LogP contribution in [0, 0.1) is 0 Å². The lowest BCUT2D eigenvalue weighted by Gasteiger charge is -2.14. The standard InChI is InChI=1S/C24H23BrN2O4S2/c1-2-3-13-31-23(30)17-7-9-19(10-8-17)26-21(28)11-12-27-22(29)20(33-24(27)32)15-16-5-4-6-18(25)14-16/h4-10,14-15H,2-3,11-13H2,1H3,(H,26,28). The van der Waals surface area contributed by atoms with Gasteiger partial charge >= 0.3 is 5.97 Å². The molecule has 1 fully saturated rings. The van der Waals surface area contributed by atoms with Gasteiger partial charge in [0.15, 0.2) is 0 Å². The molecule has 3 rings (SSSR count). The number of esters is 1. The Bertz CT molecular complexity index is 1090. The van der Waals surface area contributed by atoms with Gasteiger partial charge in [0.1, 0.15) is 4.32 Å². The van der Waals surface area contributed by atoms with E-state index in [9.17, 15) is 14.4 Å². The van der Waals surface area contributed by atoms with Crippen LogP contribution in [-0.4, -0.2) is 40.2 Å². The molecule has 0 atom stereocenters. The summed E-state index contributed by atoms with van der Waals surface area (Å²) in [4.78, 5) is 39.0. The van der Waals surface area contributed by atoms with Gasteiger partial charge in [0.05, 0.1) is 17.1 Å². The predicted molar refractivity (Wildman–Crippen MR) is 139 cm³/mol. The molecule has 1 aliphatic heterocycles. The van der Waals surface area contributed by atoms with Crippen molar-refractivity contribution in [3.05, 3.63) is 69.0 Å². The number of hydrogen-bond donors (Lipinski definition) is 1. The van der Waals surface area contributed by atoms with Crippen molar-refractivity contribution >= 4 is 73.8 Å². The van der Waals surface area contributed by atoms with E-state index in [1.165, 1.54) is 16.7 Å². The van der Waals surface area contributed by atoms with Crippen molar-refractivity contribution in [2.45, 2.75) is 26.2 Å². The first-order chi connectivity index (χ1) is 15.9. The Hall–Kier alpha value is -2.49. The first kappa shape index (κ1) is 25.1. The van der Waals surface area contributed by atoms with E-state index >= 15 is 0 Å². The number of carbonyl (C=O) groups excluding carboxylic acids is 3. The second-order valence-corrected chi connectivity index (χ2v) is 9.84. The Morgan fingerprint density at radius 2 is 1.97 bits per heavy atom. The van der Waals surface area contributed by atoms with Crippen LogP contribution < -0.4 is 5.32 Å². The van der Waals surface area contributed by atoms with Crippen molar-refractivity contribution < 1.29 is 19.1 Å². The molecule has 0 aromatic heterocycles. The van der Waals surface area contributed by atoms with E-state index < -0.39 is 0 Å². The monoisotopic (exact) mass is 546 g/mol. The van der Waals surface area contributed by atoms with Crippen LogP contribution in [0.4, 0.5) is 5.69 Å². The third-order valence-corrected chi connectivity index (χ3v) is 6.59. The fourth-order valence-corrected chi connectivity index (χ4v) is 4.69. The highest BCUT2D eigenvalue weighted by Crippen LogP contribution is 2.33. The van der Waals surface area contributed by atoms with Gasteiger partial charge in [-0.25, -0.2) is 4.79 Å². The average molecular weight is 547 g/mol. The molecule has 172 valence electrons. The van der Waals surface area contributed by atoms with Crippen LogP contribution >= 0.6 is 39.9 Å². The summed E-state index contributed by atoms with van der Waals surface area (Å²) in [7, 11) is 0. The number of ether oxygens (including phenoxy) is 1. The Balaban J connectivity index is 1.51. The van der Waals surface area contributed by atoms with Crippen molar-refractivity contribution in [3.63, 3.8) is 0 Å². The van der Waals surface area contributed by atoms with Crippen LogP contribution in [0.15, 0.2) is 57.9 Å². The maximum absolute atomic E-state index is 12.7. The zero-order chi connectivity index (χ0) is 23.8. The Labute approximate surface area is 210 Å². The Kier molecular flexibility index (Phi) is 9.22. The number of nitrogens with zero attached hydrogens (tertiary/aromatic N) is 1. The highest BCUT2D eigenvalue weighted by Gasteiger charge is 2.32. The highest BCUT2D eigenvalue weighted by atomic mass is 79.9. The molecule has 2 amide bonds. The fraction of sp³-hybridized carbons (Fsp3) is 0.250. The minimum absolute atomic E-state index is 0.0947. The number of rotatable bonds is 9. The van der Waals surface area contributed by atoms with Gasteiger partial charge in [-0.15, -0.1) is 0 Å². The summed E-state index contributed by atoms with van der Waals surface area (Å²) in [5, 5.41) is 2.77.